The predicted molar refractivity (Wildman–Crippen MR) is 110 cm³/mol. The van der Waals surface area contributed by atoms with Crippen LogP contribution in [0, 0.1) is 25.7 Å². The molecule has 0 spiro atoms. The van der Waals surface area contributed by atoms with E-state index in [4.69, 9.17) is 4.99 Å². The maximum Gasteiger partial charge on any atom is 0.194 e. The number of fused-ring (bicyclic) bond motifs is 1. The predicted octanol–water partition coefficient (Wildman–Crippen LogP) is 3.24. The molecule has 2 fully saturated rings. The minimum atomic E-state index is 0. The Bertz CT molecular complexity index is 566. The molecule has 24 heavy (non-hydrogen) atoms. The number of rotatable bonds is 3. The number of nitrogens with zero attached hydrogens (tertiary/aromatic N) is 4. The van der Waals surface area contributed by atoms with Crippen LogP contribution in [0.1, 0.15) is 49.6 Å². The van der Waals surface area contributed by atoms with Crippen LogP contribution in [0.15, 0.2) is 4.99 Å². The van der Waals surface area contributed by atoms with Gasteiger partial charge in [0.2, 0.25) is 0 Å². The molecule has 1 aliphatic carbocycles. The molecule has 1 saturated carbocycles. The van der Waals surface area contributed by atoms with Crippen molar-refractivity contribution in [1.82, 2.24) is 20.0 Å². The van der Waals surface area contributed by atoms with Crippen molar-refractivity contribution < 1.29 is 0 Å². The molecule has 1 saturated heterocycles. The lowest BCUT2D eigenvalue weighted by atomic mass is 9.82. The van der Waals surface area contributed by atoms with Gasteiger partial charge in [0, 0.05) is 37.9 Å². The SMILES string of the molecule is CCNC(=NCc1c(C)nn(C)c1C)N1CC2CCCCC2C1.I. The smallest absolute Gasteiger partial charge is 0.194 e. The Balaban J connectivity index is 0.00000208. The van der Waals surface area contributed by atoms with Gasteiger partial charge in [0.25, 0.3) is 0 Å². The van der Waals surface area contributed by atoms with Crippen LogP contribution in [0.25, 0.3) is 0 Å². The molecule has 0 amide bonds. The van der Waals surface area contributed by atoms with Crippen LogP contribution < -0.4 is 5.32 Å². The van der Waals surface area contributed by atoms with Gasteiger partial charge < -0.3 is 10.2 Å². The summed E-state index contributed by atoms with van der Waals surface area (Å²) in [5, 5.41) is 8.00. The Hall–Kier alpha value is -0.790. The third-order valence-corrected chi connectivity index (χ3v) is 5.66. The molecule has 6 heteroatoms. The van der Waals surface area contributed by atoms with E-state index in [0.717, 1.165) is 36.6 Å². The molecule has 1 aromatic heterocycles. The zero-order valence-electron chi connectivity index (χ0n) is 15.5. The summed E-state index contributed by atoms with van der Waals surface area (Å²) < 4.78 is 1.96. The van der Waals surface area contributed by atoms with Gasteiger partial charge in [0.05, 0.1) is 12.2 Å². The number of halogens is 1. The Morgan fingerprint density at radius 2 is 1.83 bits per heavy atom. The number of guanidine groups is 1. The lowest BCUT2D eigenvalue weighted by Gasteiger charge is -2.22. The minimum Gasteiger partial charge on any atom is -0.357 e. The summed E-state index contributed by atoms with van der Waals surface area (Å²) >= 11 is 0. The van der Waals surface area contributed by atoms with E-state index < -0.39 is 0 Å². The molecule has 0 bridgehead atoms. The molecule has 1 aliphatic heterocycles. The van der Waals surface area contributed by atoms with Gasteiger partial charge in [-0.25, -0.2) is 4.99 Å². The quantitative estimate of drug-likeness (QED) is 0.442. The zero-order chi connectivity index (χ0) is 16.4. The molecule has 3 rings (SSSR count). The summed E-state index contributed by atoms with van der Waals surface area (Å²) in [6, 6.07) is 0. The second-order valence-corrected chi connectivity index (χ2v) is 7.15. The standard InChI is InChI=1S/C18H31N5.HI/c1-5-19-18(20-10-17-13(2)21-22(4)14(17)3)23-11-15-8-6-7-9-16(15)12-23;/h15-16H,5-12H2,1-4H3,(H,19,20);1H. The fourth-order valence-electron chi connectivity index (χ4n) is 4.20. The Morgan fingerprint density at radius 3 is 2.33 bits per heavy atom. The molecule has 2 aliphatic rings. The van der Waals surface area contributed by atoms with Crippen LogP contribution in [0.4, 0.5) is 0 Å². The molecule has 0 radical (unpaired) electrons. The molecular formula is C18H32IN5. The van der Waals surface area contributed by atoms with E-state index in [0.29, 0.717) is 0 Å². The van der Waals surface area contributed by atoms with Gasteiger partial charge in [-0.3, -0.25) is 4.68 Å². The van der Waals surface area contributed by atoms with Gasteiger partial charge in [0.1, 0.15) is 0 Å². The van der Waals surface area contributed by atoms with E-state index >= 15 is 0 Å². The van der Waals surface area contributed by atoms with Crippen molar-refractivity contribution in [2.24, 2.45) is 23.9 Å². The summed E-state index contributed by atoms with van der Waals surface area (Å²) in [7, 11) is 2.01. The molecule has 2 atom stereocenters. The lowest BCUT2D eigenvalue weighted by molar-refractivity contribution is 0.299. The first kappa shape index (κ1) is 19.5. The van der Waals surface area contributed by atoms with Crippen molar-refractivity contribution in [1.29, 1.82) is 0 Å². The van der Waals surface area contributed by atoms with Gasteiger partial charge in [0.15, 0.2) is 5.96 Å². The number of hydrogen-bond acceptors (Lipinski definition) is 2. The topological polar surface area (TPSA) is 45.5 Å². The summed E-state index contributed by atoms with van der Waals surface area (Å²) in [5.74, 6) is 2.86. The first-order valence-corrected chi connectivity index (χ1v) is 9.12. The average molecular weight is 445 g/mol. The van der Waals surface area contributed by atoms with Gasteiger partial charge in [-0.1, -0.05) is 12.8 Å². The molecule has 1 aromatic rings. The fraction of sp³-hybridized carbons (Fsp3) is 0.778. The van der Waals surface area contributed by atoms with E-state index in [1.807, 2.05) is 11.7 Å². The number of likely N-dealkylation sites (tertiary alicyclic amines) is 1. The molecule has 136 valence electrons. The van der Waals surface area contributed by atoms with E-state index in [1.54, 1.807) is 0 Å². The van der Waals surface area contributed by atoms with Crippen LogP contribution in [0.3, 0.4) is 0 Å². The minimum absolute atomic E-state index is 0. The van der Waals surface area contributed by atoms with Gasteiger partial charge in [-0.15, -0.1) is 24.0 Å². The van der Waals surface area contributed by atoms with E-state index in [1.165, 1.54) is 50.0 Å². The van der Waals surface area contributed by atoms with Gasteiger partial charge in [-0.05, 0) is 45.4 Å². The van der Waals surface area contributed by atoms with Crippen molar-refractivity contribution >= 4 is 29.9 Å². The van der Waals surface area contributed by atoms with Crippen molar-refractivity contribution in [2.45, 2.75) is 53.0 Å². The monoisotopic (exact) mass is 445 g/mol. The van der Waals surface area contributed by atoms with Crippen molar-refractivity contribution in [3.05, 3.63) is 17.0 Å². The highest BCUT2D eigenvalue weighted by Gasteiger charge is 2.35. The summed E-state index contributed by atoms with van der Waals surface area (Å²) in [6.07, 6.45) is 5.64. The molecule has 2 heterocycles. The summed E-state index contributed by atoms with van der Waals surface area (Å²) in [5.41, 5.74) is 3.58. The third-order valence-electron chi connectivity index (χ3n) is 5.66. The van der Waals surface area contributed by atoms with Gasteiger partial charge in [-0.2, -0.15) is 5.10 Å². The van der Waals surface area contributed by atoms with Crippen molar-refractivity contribution in [3.63, 3.8) is 0 Å². The second kappa shape index (κ2) is 8.54. The number of aromatic nitrogens is 2. The number of nitrogens with one attached hydrogen (secondary N) is 1. The Morgan fingerprint density at radius 1 is 1.21 bits per heavy atom. The van der Waals surface area contributed by atoms with E-state index in [2.05, 4.69) is 36.1 Å². The fourth-order valence-corrected chi connectivity index (χ4v) is 4.20. The van der Waals surface area contributed by atoms with Gasteiger partial charge >= 0.3 is 0 Å². The van der Waals surface area contributed by atoms with Crippen LogP contribution in [-0.2, 0) is 13.6 Å². The molecule has 5 nitrogen and oxygen atoms in total. The van der Waals surface area contributed by atoms with Crippen LogP contribution in [0.5, 0.6) is 0 Å². The largest absolute Gasteiger partial charge is 0.357 e. The Labute approximate surface area is 163 Å². The summed E-state index contributed by atoms with van der Waals surface area (Å²) in [6.45, 7) is 10.4. The number of aryl methyl sites for hydroxylation is 2. The molecule has 0 aromatic carbocycles. The third kappa shape index (κ3) is 4.06. The summed E-state index contributed by atoms with van der Waals surface area (Å²) in [4.78, 5) is 7.43. The van der Waals surface area contributed by atoms with Crippen molar-refractivity contribution in [3.8, 4) is 0 Å². The molecule has 1 N–H and O–H groups in total. The number of hydrogen-bond donors (Lipinski definition) is 1. The maximum absolute atomic E-state index is 4.94. The first-order chi connectivity index (χ1) is 11.1. The number of aliphatic imine (C=N–C) groups is 1. The highest BCUT2D eigenvalue weighted by Crippen LogP contribution is 2.36. The average Bonchev–Trinajstić information content (AvgIpc) is 3.06. The maximum atomic E-state index is 4.94. The van der Waals surface area contributed by atoms with E-state index in [9.17, 15) is 0 Å². The Kier molecular flexibility index (Phi) is 6.95. The molecular weight excluding hydrogens is 413 g/mol. The van der Waals surface area contributed by atoms with E-state index in [-0.39, 0.29) is 24.0 Å². The highest BCUT2D eigenvalue weighted by molar-refractivity contribution is 14.0. The first-order valence-electron chi connectivity index (χ1n) is 9.12. The second-order valence-electron chi connectivity index (χ2n) is 7.15. The highest BCUT2D eigenvalue weighted by atomic mass is 127. The normalized spacial score (nSPS) is 23.8. The van der Waals surface area contributed by atoms with Crippen molar-refractivity contribution in [2.75, 3.05) is 19.6 Å². The van der Waals surface area contributed by atoms with Crippen LogP contribution in [0.2, 0.25) is 0 Å². The van der Waals surface area contributed by atoms with Crippen LogP contribution >= 0.6 is 24.0 Å². The molecule has 2 unspecified atom stereocenters. The lowest BCUT2D eigenvalue weighted by Crippen LogP contribution is -2.40. The zero-order valence-corrected chi connectivity index (χ0v) is 17.8. The van der Waals surface area contributed by atoms with Crippen LogP contribution in [-0.4, -0.2) is 40.3 Å².